The number of aromatic nitrogens is 2. The number of ether oxygens (including phenoxy) is 2. The maximum atomic E-state index is 5.77. The molecule has 0 amide bonds. The first-order valence-electron chi connectivity index (χ1n) is 10.9. The average molecular weight is 422 g/mol. The molecule has 4 rings (SSSR count). The molecular weight excluding hydrogens is 390 g/mol. The number of nitrogens with zero attached hydrogens (tertiary/aromatic N) is 4. The molecule has 0 fully saturated rings. The van der Waals surface area contributed by atoms with Crippen molar-refractivity contribution < 1.29 is 9.47 Å². The number of hydrogen-bond acceptors (Lipinski definition) is 7. The predicted molar refractivity (Wildman–Crippen MR) is 123 cm³/mol. The van der Waals surface area contributed by atoms with Crippen molar-refractivity contribution in [3.63, 3.8) is 0 Å². The first-order chi connectivity index (χ1) is 15.2. The van der Waals surface area contributed by atoms with E-state index in [1.807, 2.05) is 36.7 Å². The molecule has 0 spiro atoms. The number of anilines is 1. The van der Waals surface area contributed by atoms with Gasteiger partial charge in [0, 0.05) is 30.9 Å². The summed E-state index contributed by atoms with van der Waals surface area (Å²) in [5, 5.41) is 6.86. The van der Waals surface area contributed by atoms with Gasteiger partial charge in [-0.2, -0.15) is 0 Å². The Kier molecular flexibility index (Phi) is 6.84. The lowest BCUT2D eigenvalue weighted by molar-refractivity contribution is 0.226. The molecule has 0 radical (unpaired) electrons. The van der Waals surface area contributed by atoms with Crippen LogP contribution in [-0.2, 0) is 13.0 Å². The fraction of sp³-hybridized carbons (Fsp3) is 0.417. The van der Waals surface area contributed by atoms with E-state index in [4.69, 9.17) is 25.2 Å². The van der Waals surface area contributed by atoms with Gasteiger partial charge in [0.05, 0.1) is 26.5 Å². The Morgan fingerprint density at radius 1 is 1.06 bits per heavy atom. The van der Waals surface area contributed by atoms with Crippen molar-refractivity contribution in [2.24, 2.45) is 5.73 Å². The average Bonchev–Trinajstić information content (AvgIpc) is 2.82. The maximum absolute atomic E-state index is 5.77. The minimum absolute atomic E-state index is 0.688. The van der Waals surface area contributed by atoms with Crippen LogP contribution in [0.4, 0.5) is 5.82 Å². The summed E-state index contributed by atoms with van der Waals surface area (Å²) < 4.78 is 11.0. The lowest BCUT2D eigenvalue weighted by atomic mass is 10.1. The minimum atomic E-state index is 0.688. The van der Waals surface area contributed by atoms with Crippen molar-refractivity contribution in [3.8, 4) is 11.5 Å². The molecule has 31 heavy (non-hydrogen) atoms. The lowest BCUT2D eigenvalue weighted by Crippen LogP contribution is -2.46. The van der Waals surface area contributed by atoms with Crippen LogP contribution in [0.15, 0.2) is 42.7 Å². The lowest BCUT2D eigenvalue weighted by Gasteiger charge is -2.39. The molecule has 1 aliphatic rings. The molecule has 0 unspecified atom stereocenters. The van der Waals surface area contributed by atoms with Gasteiger partial charge >= 0.3 is 0 Å². The number of aryl methyl sites for hydroxylation is 1. The number of methoxy groups -OCH3 is 2. The van der Waals surface area contributed by atoms with Crippen LogP contribution in [0.2, 0.25) is 0 Å². The summed E-state index contributed by atoms with van der Waals surface area (Å²) in [5.41, 5.74) is 8.08. The molecule has 0 atom stereocenters. The van der Waals surface area contributed by atoms with E-state index in [-0.39, 0.29) is 0 Å². The van der Waals surface area contributed by atoms with Gasteiger partial charge in [0.15, 0.2) is 11.5 Å². The Hall–Kier alpha value is -2.90. The van der Waals surface area contributed by atoms with E-state index >= 15 is 0 Å². The molecule has 0 saturated heterocycles. The fourth-order valence-corrected chi connectivity index (χ4v) is 4.24. The zero-order valence-corrected chi connectivity index (χ0v) is 18.4. The quantitative estimate of drug-likeness (QED) is 0.530. The van der Waals surface area contributed by atoms with E-state index in [1.165, 1.54) is 5.56 Å². The van der Waals surface area contributed by atoms with E-state index in [0.717, 1.165) is 66.8 Å². The maximum Gasteiger partial charge on any atom is 0.161 e. The summed E-state index contributed by atoms with van der Waals surface area (Å²) in [6.45, 7) is 3.24. The topological polar surface area (TPSA) is 76.7 Å². The second-order valence-electron chi connectivity index (χ2n) is 7.78. The van der Waals surface area contributed by atoms with Gasteiger partial charge in [-0.05, 0) is 67.4 Å². The molecule has 0 saturated carbocycles. The normalized spacial score (nSPS) is 13.5. The summed E-state index contributed by atoms with van der Waals surface area (Å²) in [6, 6.07) is 10.2. The third kappa shape index (κ3) is 4.57. The van der Waals surface area contributed by atoms with Gasteiger partial charge in [-0.3, -0.25) is 9.99 Å². The van der Waals surface area contributed by atoms with Gasteiger partial charge in [0.1, 0.15) is 5.82 Å². The van der Waals surface area contributed by atoms with Crippen LogP contribution in [0.25, 0.3) is 10.8 Å². The number of unbranched alkanes of at least 4 members (excludes halogenated alkanes) is 1. The van der Waals surface area contributed by atoms with Crippen LogP contribution >= 0.6 is 0 Å². The number of nitrogens with two attached hydrogens (primary N) is 1. The van der Waals surface area contributed by atoms with Gasteiger partial charge in [0.2, 0.25) is 0 Å². The molecular formula is C24H31N5O2. The Morgan fingerprint density at radius 3 is 2.71 bits per heavy atom. The number of pyridine rings is 2. The fourth-order valence-electron chi connectivity index (χ4n) is 4.24. The number of hydrogen-bond donors (Lipinski definition) is 1. The van der Waals surface area contributed by atoms with Crippen molar-refractivity contribution in [3.05, 3.63) is 54.0 Å². The summed E-state index contributed by atoms with van der Waals surface area (Å²) in [4.78, 5) is 9.45. The Balaban J connectivity index is 1.70. The molecule has 0 aliphatic carbocycles. The van der Waals surface area contributed by atoms with E-state index in [2.05, 4.69) is 16.1 Å². The minimum Gasteiger partial charge on any atom is -0.493 e. The van der Waals surface area contributed by atoms with Gasteiger partial charge in [-0.1, -0.05) is 6.07 Å². The van der Waals surface area contributed by atoms with Crippen LogP contribution in [-0.4, -0.2) is 48.8 Å². The summed E-state index contributed by atoms with van der Waals surface area (Å²) in [5.74, 6) is 2.49. The number of hydrazine groups is 1. The predicted octanol–water partition coefficient (Wildman–Crippen LogP) is 3.56. The van der Waals surface area contributed by atoms with Crippen molar-refractivity contribution in [1.29, 1.82) is 0 Å². The smallest absolute Gasteiger partial charge is 0.161 e. The molecule has 3 heterocycles. The standard InChI is InChI=1S/C24H31N5O2/c1-30-22-15-19-9-12-26-21(20(19)16-23(22)31-2)17-28(13-4-3-10-25)29-14-6-8-18-7-5-11-27-24(18)29/h5,7,9,11-12,15-16H,3-4,6,8,10,13-14,17,25H2,1-2H3. The second-order valence-corrected chi connectivity index (χ2v) is 7.78. The molecule has 1 aliphatic heterocycles. The largest absolute Gasteiger partial charge is 0.493 e. The third-order valence-corrected chi connectivity index (χ3v) is 5.82. The Bertz CT molecular complexity index is 1030. The highest BCUT2D eigenvalue weighted by atomic mass is 16.5. The monoisotopic (exact) mass is 421 g/mol. The molecule has 2 aromatic heterocycles. The van der Waals surface area contributed by atoms with E-state index in [0.29, 0.717) is 18.8 Å². The molecule has 164 valence electrons. The first kappa shape index (κ1) is 21.3. The van der Waals surface area contributed by atoms with Gasteiger partial charge in [-0.15, -0.1) is 0 Å². The van der Waals surface area contributed by atoms with Crippen LogP contribution in [0, 0.1) is 0 Å². The molecule has 0 bridgehead atoms. The molecule has 7 nitrogen and oxygen atoms in total. The van der Waals surface area contributed by atoms with Crippen molar-refractivity contribution in [2.45, 2.75) is 32.2 Å². The number of fused-ring (bicyclic) bond motifs is 2. The van der Waals surface area contributed by atoms with E-state index in [1.54, 1.807) is 14.2 Å². The van der Waals surface area contributed by atoms with Crippen molar-refractivity contribution in [1.82, 2.24) is 15.0 Å². The van der Waals surface area contributed by atoms with E-state index < -0.39 is 0 Å². The van der Waals surface area contributed by atoms with Crippen LogP contribution in [0.3, 0.4) is 0 Å². The molecule has 2 N–H and O–H groups in total. The Morgan fingerprint density at radius 2 is 1.90 bits per heavy atom. The molecule has 7 heteroatoms. The highest BCUT2D eigenvalue weighted by molar-refractivity contribution is 5.87. The van der Waals surface area contributed by atoms with Gasteiger partial charge in [-0.25, -0.2) is 9.99 Å². The van der Waals surface area contributed by atoms with Crippen LogP contribution in [0.1, 0.15) is 30.5 Å². The van der Waals surface area contributed by atoms with Gasteiger partial charge in [0.25, 0.3) is 0 Å². The Labute approximate surface area is 183 Å². The van der Waals surface area contributed by atoms with Crippen LogP contribution < -0.4 is 20.2 Å². The second kappa shape index (κ2) is 9.94. The summed E-state index contributed by atoms with van der Waals surface area (Å²) in [6.07, 6.45) is 7.94. The highest BCUT2D eigenvalue weighted by Crippen LogP contribution is 2.34. The van der Waals surface area contributed by atoms with Gasteiger partial charge < -0.3 is 15.2 Å². The third-order valence-electron chi connectivity index (χ3n) is 5.82. The highest BCUT2D eigenvalue weighted by Gasteiger charge is 2.24. The SMILES string of the molecule is COc1cc2ccnc(CN(CCCCN)N3CCCc4cccnc43)c2cc1OC. The van der Waals surface area contributed by atoms with E-state index in [9.17, 15) is 0 Å². The summed E-state index contributed by atoms with van der Waals surface area (Å²) in [7, 11) is 3.32. The van der Waals surface area contributed by atoms with Crippen molar-refractivity contribution in [2.75, 3.05) is 38.9 Å². The van der Waals surface area contributed by atoms with Crippen LogP contribution in [0.5, 0.6) is 11.5 Å². The number of benzene rings is 1. The molecule has 1 aromatic carbocycles. The van der Waals surface area contributed by atoms with Crippen molar-refractivity contribution >= 4 is 16.6 Å². The number of rotatable bonds is 9. The zero-order chi connectivity index (χ0) is 21.6. The zero-order valence-electron chi connectivity index (χ0n) is 18.4. The summed E-state index contributed by atoms with van der Waals surface area (Å²) >= 11 is 0. The molecule has 3 aromatic rings. The first-order valence-corrected chi connectivity index (χ1v) is 10.9.